The molecule has 3 heteroatoms. The number of ketones is 1. The highest BCUT2D eigenvalue weighted by atomic mass is 16.5. The maximum absolute atomic E-state index is 12.4. The van der Waals surface area contributed by atoms with Gasteiger partial charge in [-0.1, -0.05) is 64.1 Å². The van der Waals surface area contributed by atoms with Crippen molar-refractivity contribution in [1.29, 1.82) is 0 Å². The average Bonchev–Trinajstić information content (AvgIpc) is 2.64. The number of Topliss-reactive ketones (excluding diaryl/α,β-unsaturated/α-hetero) is 1. The molecule has 3 nitrogen and oxygen atoms in total. The van der Waals surface area contributed by atoms with Crippen molar-refractivity contribution in [1.82, 2.24) is 5.32 Å². The first kappa shape index (κ1) is 19.2. The Balaban J connectivity index is 2.31. The molecule has 2 aromatic carbocycles. The Kier molecular flexibility index (Phi) is 7.20. The van der Waals surface area contributed by atoms with Crippen molar-refractivity contribution in [2.75, 3.05) is 19.7 Å². The molecule has 0 saturated carbocycles. The molecule has 2 rings (SSSR count). The summed E-state index contributed by atoms with van der Waals surface area (Å²) in [6.45, 7) is 10.5. The minimum Gasteiger partial charge on any atom is -0.492 e. The van der Waals surface area contributed by atoms with Crippen molar-refractivity contribution < 1.29 is 9.53 Å². The van der Waals surface area contributed by atoms with Crippen LogP contribution in [0.5, 0.6) is 5.75 Å². The van der Waals surface area contributed by atoms with Crippen molar-refractivity contribution in [2.24, 2.45) is 5.92 Å². The van der Waals surface area contributed by atoms with Gasteiger partial charge in [-0.15, -0.1) is 0 Å². The lowest BCUT2D eigenvalue weighted by Gasteiger charge is -2.15. The summed E-state index contributed by atoms with van der Waals surface area (Å²) in [5, 5.41) is 3.26. The fraction of sp³-hybridized carbons (Fsp3) is 0.409. The molecule has 0 bridgehead atoms. The van der Waals surface area contributed by atoms with E-state index in [0.717, 1.165) is 47.5 Å². The minimum atomic E-state index is 0.0119. The third kappa shape index (κ3) is 4.93. The molecule has 0 unspecified atom stereocenters. The predicted molar refractivity (Wildman–Crippen MR) is 104 cm³/mol. The van der Waals surface area contributed by atoms with E-state index in [0.29, 0.717) is 6.61 Å². The summed E-state index contributed by atoms with van der Waals surface area (Å²) < 4.78 is 5.95. The predicted octanol–water partition coefficient (Wildman–Crippen LogP) is 4.74. The van der Waals surface area contributed by atoms with E-state index in [9.17, 15) is 4.79 Å². The van der Waals surface area contributed by atoms with Crippen molar-refractivity contribution in [2.45, 2.75) is 34.1 Å². The Morgan fingerprint density at radius 3 is 2.56 bits per heavy atom. The standard InChI is InChI=1S/C22H29NO2/c1-5-17-15-18(11-12-20(17)22(24)16(3)4)19-9-7-8-10-21(19)25-14-13-23-6-2/h7-12,15-16,23H,5-6,13-14H2,1-4H3. The second kappa shape index (κ2) is 9.38. The molecule has 2 aromatic rings. The van der Waals surface area contributed by atoms with Gasteiger partial charge in [-0.25, -0.2) is 0 Å². The summed E-state index contributed by atoms with van der Waals surface area (Å²) >= 11 is 0. The third-order valence-corrected chi connectivity index (χ3v) is 4.26. The van der Waals surface area contributed by atoms with Gasteiger partial charge in [-0.05, 0) is 30.2 Å². The highest BCUT2D eigenvalue weighted by Gasteiger charge is 2.15. The van der Waals surface area contributed by atoms with Crippen LogP contribution in [0.1, 0.15) is 43.6 Å². The number of likely N-dealkylation sites (N-methyl/N-ethyl adjacent to an activating group) is 1. The van der Waals surface area contributed by atoms with Crippen molar-refractivity contribution in [3.05, 3.63) is 53.6 Å². The van der Waals surface area contributed by atoms with Gasteiger partial charge in [0, 0.05) is 23.6 Å². The maximum atomic E-state index is 12.4. The first-order chi connectivity index (χ1) is 12.1. The molecule has 0 aliphatic carbocycles. The quantitative estimate of drug-likeness (QED) is 0.529. The second-order valence-corrected chi connectivity index (χ2v) is 6.44. The molecule has 0 radical (unpaired) electrons. The molecule has 25 heavy (non-hydrogen) atoms. The molecule has 0 aliphatic rings. The van der Waals surface area contributed by atoms with Crippen LogP contribution in [-0.4, -0.2) is 25.5 Å². The molecule has 0 aromatic heterocycles. The Morgan fingerprint density at radius 2 is 1.88 bits per heavy atom. The summed E-state index contributed by atoms with van der Waals surface area (Å²) in [6.07, 6.45) is 0.838. The lowest BCUT2D eigenvalue weighted by Crippen LogP contribution is -2.20. The number of benzene rings is 2. The monoisotopic (exact) mass is 339 g/mol. The normalized spacial score (nSPS) is 10.9. The topological polar surface area (TPSA) is 38.3 Å². The zero-order valence-electron chi connectivity index (χ0n) is 15.8. The highest BCUT2D eigenvalue weighted by Crippen LogP contribution is 2.31. The molecule has 0 heterocycles. The molecule has 0 saturated heterocycles. The summed E-state index contributed by atoms with van der Waals surface area (Å²) in [5.74, 6) is 1.10. The van der Waals surface area contributed by atoms with Gasteiger partial charge in [0.15, 0.2) is 5.78 Å². The Labute approximate surface area is 151 Å². The van der Waals surface area contributed by atoms with E-state index in [-0.39, 0.29) is 11.7 Å². The molecular formula is C22H29NO2. The molecule has 0 spiro atoms. The van der Waals surface area contributed by atoms with Gasteiger partial charge in [0.1, 0.15) is 12.4 Å². The third-order valence-electron chi connectivity index (χ3n) is 4.26. The fourth-order valence-corrected chi connectivity index (χ4v) is 2.85. The van der Waals surface area contributed by atoms with Crippen LogP contribution in [-0.2, 0) is 6.42 Å². The van der Waals surface area contributed by atoms with Crippen LogP contribution in [0, 0.1) is 5.92 Å². The number of carbonyl (C=O) groups is 1. The molecule has 0 atom stereocenters. The van der Waals surface area contributed by atoms with Gasteiger partial charge in [-0.2, -0.15) is 0 Å². The number of nitrogens with one attached hydrogen (secondary N) is 1. The van der Waals surface area contributed by atoms with E-state index >= 15 is 0 Å². The van der Waals surface area contributed by atoms with Crippen LogP contribution in [0.25, 0.3) is 11.1 Å². The van der Waals surface area contributed by atoms with E-state index in [1.807, 2.05) is 44.2 Å². The van der Waals surface area contributed by atoms with Gasteiger partial charge in [-0.3, -0.25) is 4.79 Å². The number of para-hydroxylation sites is 1. The summed E-state index contributed by atoms with van der Waals surface area (Å²) in [5.41, 5.74) is 4.10. The zero-order valence-corrected chi connectivity index (χ0v) is 15.8. The second-order valence-electron chi connectivity index (χ2n) is 6.44. The van der Waals surface area contributed by atoms with Crippen LogP contribution in [0.15, 0.2) is 42.5 Å². The van der Waals surface area contributed by atoms with Crippen LogP contribution >= 0.6 is 0 Å². The SMILES string of the molecule is CCNCCOc1ccccc1-c1ccc(C(=O)C(C)C)c(CC)c1. The maximum Gasteiger partial charge on any atom is 0.165 e. The number of hydrogen-bond donors (Lipinski definition) is 1. The van der Waals surface area contributed by atoms with Gasteiger partial charge in [0.2, 0.25) is 0 Å². The summed E-state index contributed by atoms with van der Waals surface area (Å²) in [6, 6.07) is 14.2. The lowest BCUT2D eigenvalue weighted by atomic mass is 9.92. The van der Waals surface area contributed by atoms with Gasteiger partial charge < -0.3 is 10.1 Å². The summed E-state index contributed by atoms with van der Waals surface area (Å²) in [7, 11) is 0. The van der Waals surface area contributed by atoms with Crippen LogP contribution in [0.4, 0.5) is 0 Å². The summed E-state index contributed by atoms with van der Waals surface area (Å²) in [4.78, 5) is 12.4. The lowest BCUT2D eigenvalue weighted by molar-refractivity contribution is 0.0938. The molecule has 0 fully saturated rings. The first-order valence-corrected chi connectivity index (χ1v) is 9.18. The van der Waals surface area contributed by atoms with Gasteiger partial charge >= 0.3 is 0 Å². The molecule has 134 valence electrons. The van der Waals surface area contributed by atoms with Crippen LogP contribution in [0.3, 0.4) is 0 Å². The molecule has 0 amide bonds. The van der Waals surface area contributed by atoms with E-state index in [2.05, 4.69) is 31.3 Å². The Morgan fingerprint density at radius 1 is 1.12 bits per heavy atom. The van der Waals surface area contributed by atoms with Gasteiger partial charge in [0.25, 0.3) is 0 Å². The van der Waals surface area contributed by atoms with Crippen LogP contribution < -0.4 is 10.1 Å². The Bertz CT molecular complexity index is 707. The number of carbonyl (C=O) groups excluding carboxylic acids is 1. The minimum absolute atomic E-state index is 0.0119. The van der Waals surface area contributed by atoms with Gasteiger partial charge in [0.05, 0.1) is 0 Å². The molecular weight excluding hydrogens is 310 g/mol. The van der Waals surface area contributed by atoms with Crippen molar-refractivity contribution in [3.8, 4) is 16.9 Å². The van der Waals surface area contributed by atoms with E-state index in [4.69, 9.17) is 4.74 Å². The zero-order chi connectivity index (χ0) is 18.2. The van der Waals surface area contributed by atoms with Crippen molar-refractivity contribution in [3.63, 3.8) is 0 Å². The first-order valence-electron chi connectivity index (χ1n) is 9.18. The average molecular weight is 339 g/mol. The van der Waals surface area contributed by atoms with Crippen molar-refractivity contribution >= 4 is 5.78 Å². The van der Waals surface area contributed by atoms with Crippen LogP contribution in [0.2, 0.25) is 0 Å². The fourth-order valence-electron chi connectivity index (χ4n) is 2.85. The number of hydrogen-bond acceptors (Lipinski definition) is 3. The largest absolute Gasteiger partial charge is 0.492 e. The van der Waals surface area contributed by atoms with E-state index < -0.39 is 0 Å². The Hall–Kier alpha value is -2.13. The number of rotatable bonds is 9. The smallest absolute Gasteiger partial charge is 0.165 e. The van der Waals surface area contributed by atoms with E-state index in [1.165, 1.54) is 0 Å². The van der Waals surface area contributed by atoms with E-state index in [1.54, 1.807) is 0 Å². The molecule has 1 N–H and O–H groups in total. The molecule has 0 aliphatic heterocycles. The highest BCUT2D eigenvalue weighted by molar-refractivity contribution is 5.99. The number of aryl methyl sites for hydroxylation is 1. The number of ether oxygens (including phenoxy) is 1.